The molecular formula is C18H17F2N3O. The number of carbonyl (C=O) groups excluding carboxylic acids is 1. The largest absolute Gasteiger partial charge is 0.342 e. The van der Waals surface area contributed by atoms with Gasteiger partial charge in [0.05, 0.1) is 17.1 Å². The van der Waals surface area contributed by atoms with E-state index in [9.17, 15) is 13.6 Å². The molecule has 4 nitrogen and oxygen atoms in total. The first-order valence-corrected chi connectivity index (χ1v) is 7.65. The SMILES string of the molecule is CC(C)[C@H](NC(=O)c1cc(F)cc(F)c1)c1nc2ccccc2[nH]1. The molecule has 0 saturated heterocycles. The van der Waals surface area contributed by atoms with Gasteiger partial charge in [-0.2, -0.15) is 0 Å². The van der Waals surface area contributed by atoms with E-state index in [0.717, 1.165) is 29.2 Å². The van der Waals surface area contributed by atoms with E-state index in [1.54, 1.807) is 0 Å². The van der Waals surface area contributed by atoms with Crippen molar-refractivity contribution in [2.24, 2.45) is 5.92 Å². The Morgan fingerprint density at radius 1 is 1.12 bits per heavy atom. The molecule has 0 spiro atoms. The molecule has 1 atom stereocenters. The molecular weight excluding hydrogens is 312 g/mol. The number of hydrogen-bond donors (Lipinski definition) is 2. The van der Waals surface area contributed by atoms with Gasteiger partial charge in [-0.1, -0.05) is 26.0 Å². The third kappa shape index (κ3) is 3.27. The van der Waals surface area contributed by atoms with Crippen LogP contribution in [0.25, 0.3) is 11.0 Å². The predicted molar refractivity (Wildman–Crippen MR) is 87.5 cm³/mol. The van der Waals surface area contributed by atoms with Crippen molar-refractivity contribution >= 4 is 16.9 Å². The molecule has 0 fully saturated rings. The Morgan fingerprint density at radius 2 is 1.79 bits per heavy atom. The number of halogens is 2. The fourth-order valence-corrected chi connectivity index (χ4v) is 2.58. The molecule has 0 aliphatic carbocycles. The molecule has 2 N–H and O–H groups in total. The van der Waals surface area contributed by atoms with Crippen LogP contribution in [0.2, 0.25) is 0 Å². The summed E-state index contributed by atoms with van der Waals surface area (Å²) in [4.78, 5) is 20.0. The van der Waals surface area contributed by atoms with Gasteiger partial charge in [-0.3, -0.25) is 4.79 Å². The lowest BCUT2D eigenvalue weighted by Crippen LogP contribution is -2.32. The first-order valence-electron chi connectivity index (χ1n) is 7.65. The number of carbonyl (C=O) groups is 1. The second-order valence-corrected chi connectivity index (χ2v) is 5.99. The van der Waals surface area contributed by atoms with Gasteiger partial charge in [0.15, 0.2) is 0 Å². The van der Waals surface area contributed by atoms with Gasteiger partial charge in [-0.05, 0) is 30.2 Å². The molecule has 6 heteroatoms. The van der Waals surface area contributed by atoms with Crippen LogP contribution >= 0.6 is 0 Å². The third-order valence-electron chi connectivity index (χ3n) is 3.78. The smallest absolute Gasteiger partial charge is 0.252 e. The normalized spacial score (nSPS) is 12.5. The zero-order chi connectivity index (χ0) is 17.3. The van der Waals surface area contributed by atoms with Crippen LogP contribution in [-0.4, -0.2) is 15.9 Å². The summed E-state index contributed by atoms with van der Waals surface area (Å²) >= 11 is 0. The van der Waals surface area contributed by atoms with Crippen LogP contribution in [0.4, 0.5) is 8.78 Å². The molecule has 3 rings (SSSR count). The highest BCUT2D eigenvalue weighted by molar-refractivity contribution is 5.94. The van der Waals surface area contributed by atoms with Crippen LogP contribution in [0.3, 0.4) is 0 Å². The van der Waals surface area contributed by atoms with E-state index < -0.39 is 23.6 Å². The van der Waals surface area contributed by atoms with Gasteiger partial charge in [-0.25, -0.2) is 13.8 Å². The first kappa shape index (κ1) is 16.1. The summed E-state index contributed by atoms with van der Waals surface area (Å²) in [5.41, 5.74) is 1.60. The van der Waals surface area contributed by atoms with E-state index in [1.807, 2.05) is 38.1 Å². The third-order valence-corrected chi connectivity index (χ3v) is 3.78. The summed E-state index contributed by atoms with van der Waals surface area (Å²) in [6, 6.07) is 9.88. The van der Waals surface area contributed by atoms with Crippen molar-refractivity contribution in [1.29, 1.82) is 0 Å². The molecule has 0 unspecified atom stereocenters. The van der Waals surface area contributed by atoms with Crippen molar-refractivity contribution < 1.29 is 13.6 Å². The first-order chi connectivity index (χ1) is 11.4. The lowest BCUT2D eigenvalue weighted by molar-refractivity contribution is 0.0922. The molecule has 0 aliphatic heterocycles. The maximum Gasteiger partial charge on any atom is 0.252 e. The van der Waals surface area contributed by atoms with Gasteiger partial charge < -0.3 is 10.3 Å². The summed E-state index contributed by atoms with van der Waals surface area (Å²) in [5, 5.41) is 2.80. The number of nitrogens with zero attached hydrogens (tertiary/aromatic N) is 1. The number of H-pyrrole nitrogens is 1. The number of para-hydroxylation sites is 2. The minimum atomic E-state index is -0.787. The van der Waals surface area contributed by atoms with E-state index in [1.165, 1.54) is 0 Å². The van der Waals surface area contributed by atoms with Gasteiger partial charge >= 0.3 is 0 Å². The second kappa shape index (κ2) is 6.39. The molecule has 3 aromatic rings. The van der Waals surface area contributed by atoms with Crippen molar-refractivity contribution in [1.82, 2.24) is 15.3 Å². The quantitative estimate of drug-likeness (QED) is 0.761. The molecule has 1 amide bonds. The lowest BCUT2D eigenvalue weighted by atomic mass is 10.0. The number of nitrogens with one attached hydrogen (secondary N) is 2. The van der Waals surface area contributed by atoms with Gasteiger partial charge in [0.25, 0.3) is 5.91 Å². The molecule has 0 radical (unpaired) electrons. The number of hydrogen-bond acceptors (Lipinski definition) is 2. The Bertz CT molecular complexity index is 836. The van der Waals surface area contributed by atoms with E-state index in [-0.39, 0.29) is 11.5 Å². The summed E-state index contributed by atoms with van der Waals surface area (Å²) in [5.74, 6) is -1.48. The topological polar surface area (TPSA) is 57.8 Å². The number of rotatable bonds is 4. The maximum absolute atomic E-state index is 13.3. The van der Waals surface area contributed by atoms with Gasteiger partial charge in [0, 0.05) is 11.6 Å². The van der Waals surface area contributed by atoms with E-state index in [2.05, 4.69) is 15.3 Å². The summed E-state index contributed by atoms with van der Waals surface area (Å²) < 4.78 is 26.6. The molecule has 1 heterocycles. The fraction of sp³-hybridized carbons (Fsp3) is 0.222. The zero-order valence-electron chi connectivity index (χ0n) is 13.3. The van der Waals surface area contributed by atoms with Crippen LogP contribution in [0, 0.1) is 17.6 Å². The Balaban J connectivity index is 1.89. The molecule has 24 heavy (non-hydrogen) atoms. The number of imidazole rings is 1. The lowest BCUT2D eigenvalue weighted by Gasteiger charge is -2.20. The molecule has 2 aromatic carbocycles. The Morgan fingerprint density at radius 3 is 2.42 bits per heavy atom. The Labute approximate surface area is 137 Å². The predicted octanol–water partition coefficient (Wildman–Crippen LogP) is 3.97. The van der Waals surface area contributed by atoms with Crippen LogP contribution < -0.4 is 5.32 Å². The van der Waals surface area contributed by atoms with Crippen molar-refractivity contribution in [3.05, 3.63) is 65.5 Å². The van der Waals surface area contributed by atoms with Crippen LogP contribution in [0.1, 0.15) is 36.1 Å². The highest BCUT2D eigenvalue weighted by Gasteiger charge is 2.23. The molecule has 1 aromatic heterocycles. The van der Waals surface area contributed by atoms with E-state index in [0.29, 0.717) is 5.82 Å². The molecule has 0 aliphatic rings. The van der Waals surface area contributed by atoms with E-state index in [4.69, 9.17) is 0 Å². The average Bonchev–Trinajstić information content (AvgIpc) is 2.94. The van der Waals surface area contributed by atoms with Crippen molar-refractivity contribution in [2.75, 3.05) is 0 Å². The van der Waals surface area contributed by atoms with Crippen LogP contribution in [0.15, 0.2) is 42.5 Å². The second-order valence-electron chi connectivity index (χ2n) is 5.99. The number of benzene rings is 2. The Kier molecular flexibility index (Phi) is 4.29. The van der Waals surface area contributed by atoms with Crippen molar-refractivity contribution in [3.63, 3.8) is 0 Å². The van der Waals surface area contributed by atoms with Gasteiger partial charge in [-0.15, -0.1) is 0 Å². The summed E-state index contributed by atoms with van der Waals surface area (Å²) in [7, 11) is 0. The number of aromatic nitrogens is 2. The van der Waals surface area contributed by atoms with Crippen molar-refractivity contribution in [2.45, 2.75) is 19.9 Å². The van der Waals surface area contributed by atoms with Crippen molar-refractivity contribution in [3.8, 4) is 0 Å². The maximum atomic E-state index is 13.3. The van der Waals surface area contributed by atoms with Gasteiger partial charge in [0.1, 0.15) is 17.5 Å². The molecule has 0 saturated carbocycles. The minimum Gasteiger partial charge on any atom is -0.342 e. The van der Waals surface area contributed by atoms with E-state index >= 15 is 0 Å². The highest BCUT2D eigenvalue weighted by atomic mass is 19.1. The number of aromatic amines is 1. The Hall–Kier alpha value is -2.76. The summed E-state index contributed by atoms with van der Waals surface area (Å²) in [6.07, 6.45) is 0. The standard InChI is InChI=1S/C18H17F2N3O/c1-10(2)16(17-21-14-5-3-4-6-15(14)22-17)23-18(24)11-7-12(19)9-13(20)8-11/h3-10,16H,1-2H3,(H,21,22)(H,23,24)/t16-/m0/s1. The highest BCUT2D eigenvalue weighted by Crippen LogP contribution is 2.23. The molecule has 124 valence electrons. The minimum absolute atomic E-state index is 0.0351. The van der Waals surface area contributed by atoms with Gasteiger partial charge in [0.2, 0.25) is 0 Å². The number of amides is 1. The fourth-order valence-electron chi connectivity index (χ4n) is 2.58. The number of fused-ring (bicyclic) bond motifs is 1. The average molecular weight is 329 g/mol. The molecule has 0 bridgehead atoms. The zero-order valence-corrected chi connectivity index (χ0v) is 13.3. The summed E-state index contributed by atoms with van der Waals surface area (Å²) in [6.45, 7) is 3.87. The monoisotopic (exact) mass is 329 g/mol. The van der Waals surface area contributed by atoms with Crippen LogP contribution in [-0.2, 0) is 0 Å². The van der Waals surface area contributed by atoms with Crippen LogP contribution in [0.5, 0.6) is 0 Å².